The van der Waals surface area contributed by atoms with Gasteiger partial charge >= 0.3 is 0 Å². The smallest absolute Gasteiger partial charge is 0.0506 e. The van der Waals surface area contributed by atoms with E-state index in [4.69, 9.17) is 9.84 Å². The summed E-state index contributed by atoms with van der Waals surface area (Å²) in [6.07, 6.45) is 4.67. The molecule has 3 nitrogen and oxygen atoms in total. The van der Waals surface area contributed by atoms with Gasteiger partial charge in [-0.25, -0.2) is 0 Å². The summed E-state index contributed by atoms with van der Waals surface area (Å²) in [6.45, 7) is 4.05. The summed E-state index contributed by atoms with van der Waals surface area (Å²) in [4.78, 5) is 0. The molecular formula is C10H21NO2. The van der Waals surface area contributed by atoms with Crippen LogP contribution in [0.15, 0.2) is 0 Å². The first-order valence-corrected chi connectivity index (χ1v) is 5.33. The molecule has 0 spiro atoms. The number of hydrogen-bond donors (Lipinski definition) is 2. The SMILES string of the molecule is OCCCOCC1CCCCNC1. The zero-order valence-corrected chi connectivity index (χ0v) is 8.30. The molecule has 0 aromatic heterocycles. The Kier molecular flexibility index (Phi) is 6.15. The van der Waals surface area contributed by atoms with Gasteiger partial charge in [-0.05, 0) is 31.7 Å². The van der Waals surface area contributed by atoms with Gasteiger partial charge in [-0.2, -0.15) is 0 Å². The average Bonchev–Trinajstić information content (AvgIpc) is 2.41. The van der Waals surface area contributed by atoms with E-state index in [2.05, 4.69) is 5.32 Å². The van der Waals surface area contributed by atoms with Gasteiger partial charge in [-0.1, -0.05) is 6.42 Å². The molecule has 0 bridgehead atoms. The maximum absolute atomic E-state index is 8.56. The highest BCUT2D eigenvalue weighted by atomic mass is 16.5. The number of ether oxygens (including phenoxy) is 1. The maximum Gasteiger partial charge on any atom is 0.0506 e. The van der Waals surface area contributed by atoms with Crippen LogP contribution in [0.2, 0.25) is 0 Å². The van der Waals surface area contributed by atoms with E-state index in [1.54, 1.807) is 0 Å². The second kappa shape index (κ2) is 7.30. The molecule has 1 aliphatic rings. The molecule has 1 rings (SSSR count). The third-order valence-electron chi connectivity index (χ3n) is 2.45. The van der Waals surface area contributed by atoms with Gasteiger partial charge in [0.05, 0.1) is 6.61 Å². The highest BCUT2D eigenvalue weighted by Gasteiger charge is 2.11. The van der Waals surface area contributed by atoms with Crippen LogP contribution in [0.25, 0.3) is 0 Å². The lowest BCUT2D eigenvalue weighted by atomic mass is 10.1. The van der Waals surface area contributed by atoms with E-state index in [1.165, 1.54) is 19.3 Å². The third kappa shape index (κ3) is 5.24. The van der Waals surface area contributed by atoms with Gasteiger partial charge in [0, 0.05) is 19.8 Å². The topological polar surface area (TPSA) is 41.5 Å². The van der Waals surface area contributed by atoms with Crippen LogP contribution >= 0.6 is 0 Å². The van der Waals surface area contributed by atoms with Gasteiger partial charge in [0.15, 0.2) is 0 Å². The molecule has 0 saturated carbocycles. The van der Waals surface area contributed by atoms with Crippen molar-refractivity contribution in [3.05, 3.63) is 0 Å². The van der Waals surface area contributed by atoms with Crippen LogP contribution in [0.3, 0.4) is 0 Å². The van der Waals surface area contributed by atoms with Crippen LogP contribution in [0, 0.1) is 5.92 Å². The summed E-state index contributed by atoms with van der Waals surface area (Å²) in [5.74, 6) is 0.682. The van der Waals surface area contributed by atoms with Gasteiger partial charge in [0.2, 0.25) is 0 Å². The summed E-state index contributed by atoms with van der Waals surface area (Å²) < 4.78 is 5.47. The van der Waals surface area contributed by atoms with Crippen LogP contribution in [-0.4, -0.2) is 38.0 Å². The van der Waals surface area contributed by atoms with Crippen molar-refractivity contribution in [2.45, 2.75) is 25.7 Å². The maximum atomic E-state index is 8.56. The molecule has 13 heavy (non-hydrogen) atoms. The highest BCUT2D eigenvalue weighted by molar-refractivity contribution is 4.66. The molecule has 0 aromatic rings. The standard InChI is InChI=1S/C10H21NO2/c12-6-3-7-13-9-10-4-1-2-5-11-8-10/h10-12H,1-9H2. The van der Waals surface area contributed by atoms with Crippen molar-refractivity contribution in [1.82, 2.24) is 5.32 Å². The Labute approximate surface area is 80.5 Å². The van der Waals surface area contributed by atoms with Crippen molar-refractivity contribution in [1.29, 1.82) is 0 Å². The molecule has 1 fully saturated rings. The number of rotatable bonds is 5. The Morgan fingerprint density at radius 3 is 3.15 bits per heavy atom. The molecule has 0 aliphatic carbocycles. The van der Waals surface area contributed by atoms with Crippen molar-refractivity contribution in [2.24, 2.45) is 5.92 Å². The van der Waals surface area contributed by atoms with Crippen molar-refractivity contribution in [2.75, 3.05) is 32.9 Å². The minimum Gasteiger partial charge on any atom is -0.396 e. The molecule has 0 aromatic carbocycles. The van der Waals surface area contributed by atoms with Crippen LogP contribution in [-0.2, 0) is 4.74 Å². The number of nitrogens with one attached hydrogen (secondary N) is 1. The predicted molar refractivity (Wildman–Crippen MR) is 52.7 cm³/mol. The summed E-state index contributed by atoms with van der Waals surface area (Å²) in [5.41, 5.74) is 0. The highest BCUT2D eigenvalue weighted by Crippen LogP contribution is 2.11. The first-order valence-electron chi connectivity index (χ1n) is 5.33. The summed E-state index contributed by atoms with van der Waals surface area (Å²) in [5, 5.41) is 12.0. The van der Waals surface area contributed by atoms with Gasteiger partial charge in [0.25, 0.3) is 0 Å². The molecule has 78 valence electrons. The molecule has 3 heteroatoms. The summed E-state index contributed by atoms with van der Waals surface area (Å²) in [7, 11) is 0. The number of hydrogen-bond acceptors (Lipinski definition) is 3. The van der Waals surface area contributed by atoms with Crippen LogP contribution in [0.5, 0.6) is 0 Å². The normalized spacial score (nSPS) is 24.2. The average molecular weight is 187 g/mol. The van der Waals surface area contributed by atoms with E-state index >= 15 is 0 Å². The van der Waals surface area contributed by atoms with E-state index in [0.717, 1.165) is 26.1 Å². The van der Waals surface area contributed by atoms with Crippen LogP contribution in [0.4, 0.5) is 0 Å². The van der Waals surface area contributed by atoms with E-state index in [-0.39, 0.29) is 6.61 Å². The van der Waals surface area contributed by atoms with Gasteiger partial charge in [-0.3, -0.25) is 0 Å². The molecule has 1 atom stereocenters. The molecule has 1 unspecified atom stereocenters. The quantitative estimate of drug-likeness (QED) is 0.625. The van der Waals surface area contributed by atoms with Gasteiger partial charge < -0.3 is 15.2 Å². The molecule has 1 heterocycles. The lowest BCUT2D eigenvalue weighted by Gasteiger charge is -2.13. The number of aliphatic hydroxyl groups is 1. The Balaban J connectivity index is 1.98. The van der Waals surface area contributed by atoms with Crippen molar-refractivity contribution < 1.29 is 9.84 Å². The first kappa shape index (κ1) is 11.0. The van der Waals surface area contributed by atoms with Gasteiger partial charge in [0.1, 0.15) is 0 Å². The van der Waals surface area contributed by atoms with Crippen LogP contribution < -0.4 is 5.32 Å². The van der Waals surface area contributed by atoms with E-state index in [9.17, 15) is 0 Å². The van der Waals surface area contributed by atoms with E-state index in [0.29, 0.717) is 12.5 Å². The van der Waals surface area contributed by atoms with Gasteiger partial charge in [-0.15, -0.1) is 0 Å². The molecule has 1 aliphatic heterocycles. The fraction of sp³-hybridized carbons (Fsp3) is 1.00. The summed E-state index contributed by atoms with van der Waals surface area (Å²) >= 11 is 0. The predicted octanol–water partition coefficient (Wildman–Crippen LogP) is 0.775. The van der Waals surface area contributed by atoms with E-state index in [1.807, 2.05) is 0 Å². The Morgan fingerprint density at radius 1 is 1.38 bits per heavy atom. The second-order valence-corrected chi connectivity index (χ2v) is 3.72. The Morgan fingerprint density at radius 2 is 2.31 bits per heavy atom. The second-order valence-electron chi connectivity index (χ2n) is 3.72. The molecule has 0 radical (unpaired) electrons. The summed E-state index contributed by atoms with van der Waals surface area (Å²) in [6, 6.07) is 0. The van der Waals surface area contributed by atoms with Crippen LogP contribution in [0.1, 0.15) is 25.7 Å². The lowest BCUT2D eigenvalue weighted by molar-refractivity contribution is 0.0851. The zero-order chi connectivity index (χ0) is 9.36. The van der Waals surface area contributed by atoms with E-state index < -0.39 is 0 Å². The first-order chi connectivity index (χ1) is 6.43. The van der Waals surface area contributed by atoms with Crippen molar-refractivity contribution in [3.63, 3.8) is 0 Å². The monoisotopic (exact) mass is 187 g/mol. The zero-order valence-electron chi connectivity index (χ0n) is 8.30. The minimum atomic E-state index is 0.239. The third-order valence-corrected chi connectivity index (χ3v) is 2.45. The molecule has 2 N–H and O–H groups in total. The fourth-order valence-electron chi connectivity index (χ4n) is 1.65. The fourth-order valence-corrected chi connectivity index (χ4v) is 1.65. The Hall–Kier alpha value is -0.120. The number of aliphatic hydroxyl groups excluding tert-OH is 1. The Bertz CT molecular complexity index is 111. The van der Waals surface area contributed by atoms with Crippen molar-refractivity contribution >= 4 is 0 Å². The molecule has 0 amide bonds. The molecule has 1 saturated heterocycles. The lowest BCUT2D eigenvalue weighted by Crippen LogP contribution is -2.24. The largest absolute Gasteiger partial charge is 0.396 e. The molecular weight excluding hydrogens is 166 g/mol. The van der Waals surface area contributed by atoms with Crippen molar-refractivity contribution in [3.8, 4) is 0 Å². The minimum absolute atomic E-state index is 0.239.